The van der Waals surface area contributed by atoms with Gasteiger partial charge in [-0.15, -0.1) is 11.3 Å². The minimum Gasteiger partial charge on any atom is -0.454 e. The number of amides is 2. The average Bonchev–Trinajstić information content (AvgIpc) is 2.99. The number of hydrogen-bond acceptors (Lipinski definition) is 5. The molecule has 6 nitrogen and oxygen atoms in total. The van der Waals surface area contributed by atoms with Gasteiger partial charge in [-0.1, -0.05) is 42.0 Å². The van der Waals surface area contributed by atoms with E-state index in [1.807, 2.05) is 38.1 Å². The third kappa shape index (κ3) is 5.55. The number of benzene rings is 1. The minimum atomic E-state index is -0.694. The zero-order chi connectivity index (χ0) is 20.0. The molecule has 2 amide bonds. The summed E-state index contributed by atoms with van der Waals surface area (Å²) in [6.07, 6.45) is 0. The summed E-state index contributed by atoms with van der Waals surface area (Å²) < 4.78 is 5.83. The smallest absolute Gasteiger partial charge is 0.325 e. The number of carbonyl (C=O) groups is 3. The highest BCUT2D eigenvalue weighted by atomic mass is 35.5. The molecular formula is C19H21ClN2O4S. The van der Waals surface area contributed by atoms with Gasteiger partial charge in [0.2, 0.25) is 0 Å². The van der Waals surface area contributed by atoms with Crippen molar-refractivity contribution in [2.45, 2.75) is 13.8 Å². The summed E-state index contributed by atoms with van der Waals surface area (Å²) in [5.74, 6) is -1.46. The molecule has 0 bridgehead atoms. The van der Waals surface area contributed by atoms with Gasteiger partial charge in [0.15, 0.2) is 6.61 Å². The number of thiophene rings is 1. The number of hydrogen-bond donors (Lipinski definition) is 1. The van der Waals surface area contributed by atoms with Crippen LogP contribution in [0.4, 0.5) is 0 Å². The van der Waals surface area contributed by atoms with E-state index < -0.39 is 11.9 Å². The van der Waals surface area contributed by atoms with E-state index in [0.29, 0.717) is 23.0 Å². The van der Waals surface area contributed by atoms with E-state index >= 15 is 0 Å². The lowest BCUT2D eigenvalue weighted by Crippen LogP contribution is -2.37. The maximum Gasteiger partial charge on any atom is 0.325 e. The summed E-state index contributed by atoms with van der Waals surface area (Å²) in [6, 6.07) is 7.39. The number of ether oxygens (including phenoxy) is 1. The van der Waals surface area contributed by atoms with Gasteiger partial charge in [-0.2, -0.15) is 0 Å². The topological polar surface area (TPSA) is 75.7 Å². The average molecular weight is 409 g/mol. The van der Waals surface area contributed by atoms with Crippen LogP contribution < -0.4 is 5.32 Å². The lowest BCUT2D eigenvalue weighted by atomic mass is 10.2. The Labute approximate surface area is 166 Å². The van der Waals surface area contributed by atoms with Crippen molar-refractivity contribution in [1.82, 2.24) is 10.2 Å². The second-order valence-corrected chi connectivity index (χ2v) is 7.38. The molecule has 8 heteroatoms. The Bertz CT molecular complexity index is 878. The van der Waals surface area contributed by atoms with Gasteiger partial charge in [0.25, 0.3) is 11.8 Å². The summed E-state index contributed by atoms with van der Waals surface area (Å²) in [4.78, 5) is 38.0. The number of esters is 1. The molecule has 0 atom stereocenters. The maximum absolute atomic E-state index is 12.3. The molecule has 0 unspecified atom stereocenters. The minimum absolute atomic E-state index is 0.312. The molecule has 144 valence electrons. The number of fused-ring (bicyclic) bond motifs is 1. The first-order valence-corrected chi connectivity index (χ1v) is 9.56. The number of carbonyl (C=O) groups excluding carboxylic acids is 3. The summed E-state index contributed by atoms with van der Waals surface area (Å²) in [7, 11) is 0. The SMILES string of the molecule is C=C(C)CN(CC)C(=O)COC(=O)CNC(=O)c1sc2ccccc2c1Cl. The highest BCUT2D eigenvalue weighted by Gasteiger charge is 2.19. The maximum atomic E-state index is 12.3. The van der Waals surface area contributed by atoms with Gasteiger partial charge in [-0.25, -0.2) is 0 Å². The highest BCUT2D eigenvalue weighted by Crippen LogP contribution is 2.34. The van der Waals surface area contributed by atoms with E-state index in [-0.39, 0.29) is 19.1 Å². The van der Waals surface area contributed by atoms with Crippen LogP contribution in [0, 0.1) is 0 Å². The van der Waals surface area contributed by atoms with Crippen LogP contribution in [-0.4, -0.2) is 48.9 Å². The zero-order valence-electron chi connectivity index (χ0n) is 15.2. The Kier molecular flexibility index (Phi) is 7.38. The molecule has 2 rings (SSSR count). The molecule has 27 heavy (non-hydrogen) atoms. The zero-order valence-corrected chi connectivity index (χ0v) is 16.8. The molecule has 2 aromatic rings. The van der Waals surface area contributed by atoms with E-state index in [0.717, 1.165) is 15.7 Å². The predicted molar refractivity (Wildman–Crippen MR) is 107 cm³/mol. The van der Waals surface area contributed by atoms with Gasteiger partial charge >= 0.3 is 5.97 Å². The Morgan fingerprint density at radius 1 is 1.30 bits per heavy atom. The first-order valence-electron chi connectivity index (χ1n) is 8.36. The summed E-state index contributed by atoms with van der Waals surface area (Å²) in [5, 5.41) is 3.62. The Balaban J connectivity index is 1.86. The molecule has 0 spiro atoms. The molecule has 0 aliphatic carbocycles. The molecule has 0 saturated carbocycles. The van der Waals surface area contributed by atoms with Crippen molar-refractivity contribution < 1.29 is 19.1 Å². The largest absolute Gasteiger partial charge is 0.454 e. The van der Waals surface area contributed by atoms with Crippen LogP contribution in [0.1, 0.15) is 23.5 Å². The van der Waals surface area contributed by atoms with E-state index in [1.54, 1.807) is 0 Å². The van der Waals surface area contributed by atoms with Crippen LogP contribution in [0.15, 0.2) is 36.4 Å². The Morgan fingerprint density at radius 3 is 2.63 bits per heavy atom. The number of halogens is 1. The Morgan fingerprint density at radius 2 is 2.00 bits per heavy atom. The van der Waals surface area contributed by atoms with Gasteiger partial charge in [-0.3, -0.25) is 14.4 Å². The van der Waals surface area contributed by atoms with Gasteiger partial charge in [0, 0.05) is 23.2 Å². The van der Waals surface area contributed by atoms with Crippen molar-refractivity contribution >= 4 is 50.8 Å². The summed E-state index contributed by atoms with van der Waals surface area (Å²) >= 11 is 7.49. The third-order valence-electron chi connectivity index (χ3n) is 3.69. The molecule has 1 N–H and O–H groups in total. The van der Waals surface area contributed by atoms with Gasteiger partial charge in [0.1, 0.15) is 11.4 Å². The molecule has 0 aliphatic heterocycles. The van der Waals surface area contributed by atoms with Crippen molar-refractivity contribution in [3.05, 3.63) is 46.3 Å². The van der Waals surface area contributed by atoms with E-state index in [2.05, 4.69) is 11.9 Å². The molecule has 0 saturated heterocycles. The van der Waals surface area contributed by atoms with Crippen LogP contribution in [-0.2, 0) is 14.3 Å². The predicted octanol–water partition coefficient (Wildman–Crippen LogP) is 3.25. The van der Waals surface area contributed by atoms with Gasteiger partial charge in [-0.05, 0) is 19.9 Å². The van der Waals surface area contributed by atoms with E-state index in [1.165, 1.54) is 16.2 Å². The van der Waals surface area contributed by atoms with Crippen LogP contribution in [0.2, 0.25) is 5.02 Å². The molecule has 1 aromatic heterocycles. The van der Waals surface area contributed by atoms with Crippen molar-refractivity contribution in [1.29, 1.82) is 0 Å². The first-order chi connectivity index (χ1) is 12.8. The molecular weight excluding hydrogens is 388 g/mol. The summed E-state index contributed by atoms with van der Waals surface area (Å²) in [6.45, 7) is 7.59. The highest BCUT2D eigenvalue weighted by molar-refractivity contribution is 7.21. The fourth-order valence-electron chi connectivity index (χ4n) is 2.38. The number of nitrogens with one attached hydrogen (secondary N) is 1. The van der Waals surface area contributed by atoms with Crippen molar-refractivity contribution in [2.24, 2.45) is 0 Å². The van der Waals surface area contributed by atoms with Crippen LogP contribution in [0.25, 0.3) is 10.1 Å². The second kappa shape index (κ2) is 9.53. The fraction of sp³-hybridized carbons (Fsp3) is 0.316. The molecule has 1 aromatic carbocycles. The van der Waals surface area contributed by atoms with Crippen LogP contribution in [0.5, 0.6) is 0 Å². The number of rotatable bonds is 8. The van der Waals surface area contributed by atoms with Crippen LogP contribution >= 0.6 is 22.9 Å². The fourth-order valence-corrected chi connectivity index (χ4v) is 3.81. The lowest BCUT2D eigenvalue weighted by Gasteiger charge is -2.20. The number of nitrogens with zero attached hydrogens (tertiary/aromatic N) is 1. The van der Waals surface area contributed by atoms with Crippen molar-refractivity contribution in [3.63, 3.8) is 0 Å². The van der Waals surface area contributed by atoms with E-state index in [4.69, 9.17) is 16.3 Å². The quantitative estimate of drug-likeness (QED) is 0.537. The normalized spacial score (nSPS) is 10.5. The van der Waals surface area contributed by atoms with Crippen LogP contribution in [0.3, 0.4) is 0 Å². The second-order valence-electron chi connectivity index (χ2n) is 5.95. The lowest BCUT2D eigenvalue weighted by molar-refractivity contribution is -0.150. The first kappa shape index (κ1) is 20.9. The monoisotopic (exact) mass is 408 g/mol. The summed E-state index contributed by atoms with van der Waals surface area (Å²) in [5.41, 5.74) is 0.837. The van der Waals surface area contributed by atoms with Crippen molar-refractivity contribution in [2.75, 3.05) is 26.2 Å². The van der Waals surface area contributed by atoms with E-state index in [9.17, 15) is 14.4 Å². The molecule has 1 heterocycles. The van der Waals surface area contributed by atoms with Crippen molar-refractivity contribution in [3.8, 4) is 0 Å². The molecule has 0 radical (unpaired) electrons. The Hall–Kier alpha value is -2.38. The molecule has 0 aliphatic rings. The standard InChI is InChI=1S/C19H21ClN2O4S/c1-4-22(10-12(2)3)15(23)11-26-16(24)9-21-19(25)18-17(20)13-7-5-6-8-14(13)27-18/h5-8H,2,4,9-11H2,1,3H3,(H,21,25). The van der Waals surface area contributed by atoms with Gasteiger partial charge in [0.05, 0.1) is 5.02 Å². The number of likely N-dealkylation sites (N-methyl/N-ethyl adjacent to an activating group) is 1. The third-order valence-corrected chi connectivity index (χ3v) is 5.36. The van der Waals surface area contributed by atoms with Gasteiger partial charge < -0.3 is 15.0 Å². The molecule has 0 fully saturated rings.